The van der Waals surface area contributed by atoms with E-state index < -0.39 is 10.7 Å². The van der Waals surface area contributed by atoms with Crippen LogP contribution >= 0.6 is 21.6 Å². The molecule has 1 aliphatic heterocycles. The van der Waals surface area contributed by atoms with Crippen molar-refractivity contribution in [2.75, 3.05) is 0 Å². The maximum absolute atomic E-state index is 12.2. The molecule has 1 rings (SSSR count). The van der Waals surface area contributed by atoms with Crippen LogP contribution in [0.25, 0.3) is 0 Å². The second-order valence-corrected chi connectivity index (χ2v) is 16.7. The van der Waals surface area contributed by atoms with Gasteiger partial charge in [0, 0.05) is 5.25 Å². The number of hydrogen-bond acceptors (Lipinski definition) is 3. The van der Waals surface area contributed by atoms with Gasteiger partial charge in [-0.3, -0.25) is 4.79 Å². The fraction of sp³-hybridized carbons (Fsp3) is 0.974. The Bertz CT molecular complexity index is 598. The summed E-state index contributed by atoms with van der Waals surface area (Å²) in [5.74, 6) is -0.543. The Balaban J connectivity index is 1.91. The first kappa shape index (κ1) is 41.2. The molecule has 0 aromatic rings. The van der Waals surface area contributed by atoms with Gasteiger partial charge in [0.2, 0.25) is 0 Å². The van der Waals surface area contributed by atoms with Gasteiger partial charge < -0.3 is 5.11 Å². The molecule has 0 aromatic carbocycles. The lowest BCUT2D eigenvalue weighted by molar-refractivity contribution is -0.140. The summed E-state index contributed by atoms with van der Waals surface area (Å²) in [6, 6.07) is 0. The van der Waals surface area contributed by atoms with Gasteiger partial charge in [-0.15, -0.1) is 0 Å². The monoisotopic (exact) mass is 641 g/mol. The Morgan fingerprint density at radius 1 is 0.465 bits per heavy atom. The van der Waals surface area contributed by atoms with Crippen molar-refractivity contribution in [1.82, 2.24) is 0 Å². The van der Waals surface area contributed by atoms with E-state index in [4.69, 9.17) is 0 Å². The highest BCUT2D eigenvalue weighted by Gasteiger charge is 2.54. The highest BCUT2D eigenvalue weighted by atomic mass is 33.1. The summed E-state index contributed by atoms with van der Waals surface area (Å²) in [5.41, 5.74) is 0. The average molecular weight is 641 g/mol. The standard InChI is InChI=1S/C39H76O2S2/c1-3-5-7-9-11-13-15-17-19-21-23-25-27-29-31-33-35-37-39(38(40)41,43-42-37)36-34-32-30-28-26-24-22-20-18-16-14-12-10-8-6-4-2/h37H,3-36H2,1-2H3,(H,40,41). The molecule has 1 saturated heterocycles. The topological polar surface area (TPSA) is 37.3 Å². The van der Waals surface area contributed by atoms with Crippen LogP contribution in [-0.4, -0.2) is 21.1 Å². The third-order valence-electron chi connectivity index (χ3n) is 9.92. The van der Waals surface area contributed by atoms with E-state index in [0.717, 1.165) is 19.3 Å². The Morgan fingerprint density at radius 3 is 1.00 bits per heavy atom. The normalized spacial score (nSPS) is 18.2. The van der Waals surface area contributed by atoms with Gasteiger partial charge in [-0.25, -0.2) is 0 Å². The summed E-state index contributed by atoms with van der Waals surface area (Å²) in [4.78, 5) is 12.2. The predicted molar refractivity (Wildman–Crippen MR) is 198 cm³/mol. The molecule has 1 heterocycles. The van der Waals surface area contributed by atoms with Gasteiger partial charge >= 0.3 is 5.97 Å². The minimum Gasteiger partial charge on any atom is -0.480 e. The third kappa shape index (κ3) is 22.4. The number of unbranched alkanes of at least 4 members (excludes halogenated alkanes) is 30. The largest absolute Gasteiger partial charge is 0.480 e. The van der Waals surface area contributed by atoms with Crippen molar-refractivity contribution in [2.45, 2.75) is 242 Å². The Labute approximate surface area is 278 Å². The number of rotatable bonds is 35. The molecule has 0 aliphatic carbocycles. The van der Waals surface area contributed by atoms with Gasteiger partial charge in [-0.2, -0.15) is 0 Å². The molecule has 4 heteroatoms. The molecule has 1 fully saturated rings. The van der Waals surface area contributed by atoms with Crippen LogP contribution in [0.3, 0.4) is 0 Å². The number of carboxylic acid groups (broad SMARTS) is 1. The van der Waals surface area contributed by atoms with Crippen molar-refractivity contribution in [3.63, 3.8) is 0 Å². The van der Waals surface area contributed by atoms with Crippen molar-refractivity contribution in [2.24, 2.45) is 0 Å². The van der Waals surface area contributed by atoms with E-state index in [1.54, 1.807) is 10.8 Å². The molecule has 2 unspecified atom stereocenters. The predicted octanol–water partition coefficient (Wildman–Crippen LogP) is 14.9. The van der Waals surface area contributed by atoms with E-state index in [9.17, 15) is 9.90 Å². The lowest BCUT2D eigenvalue weighted by Crippen LogP contribution is -2.50. The first-order chi connectivity index (χ1) is 21.2. The minimum absolute atomic E-state index is 0.331. The zero-order valence-electron chi connectivity index (χ0n) is 29.3. The van der Waals surface area contributed by atoms with Crippen LogP contribution in [0.2, 0.25) is 0 Å². The molecule has 0 amide bonds. The van der Waals surface area contributed by atoms with Crippen molar-refractivity contribution in [1.29, 1.82) is 0 Å². The number of carboxylic acids is 1. The van der Waals surface area contributed by atoms with E-state index in [1.807, 2.05) is 10.8 Å². The van der Waals surface area contributed by atoms with Crippen LogP contribution in [0.1, 0.15) is 232 Å². The van der Waals surface area contributed by atoms with E-state index in [2.05, 4.69) is 13.8 Å². The summed E-state index contributed by atoms with van der Waals surface area (Å²) in [6.07, 6.45) is 46.2. The van der Waals surface area contributed by atoms with Crippen LogP contribution in [0.5, 0.6) is 0 Å². The van der Waals surface area contributed by atoms with E-state index in [-0.39, 0.29) is 0 Å². The molecule has 0 spiro atoms. The Kier molecular flexibility index (Phi) is 29.5. The van der Waals surface area contributed by atoms with Gasteiger partial charge in [-0.05, 0) is 12.8 Å². The second-order valence-electron chi connectivity index (χ2n) is 14.0. The highest BCUT2D eigenvalue weighted by molar-refractivity contribution is 8.80. The average Bonchev–Trinajstić information content (AvgIpc) is 2.99. The zero-order chi connectivity index (χ0) is 31.1. The molecule has 2 nitrogen and oxygen atoms in total. The fourth-order valence-electron chi connectivity index (χ4n) is 6.81. The maximum Gasteiger partial charge on any atom is 0.321 e. The molecular weight excluding hydrogens is 565 g/mol. The van der Waals surface area contributed by atoms with Gasteiger partial charge in [0.1, 0.15) is 4.75 Å². The van der Waals surface area contributed by atoms with E-state index in [1.165, 1.54) is 199 Å². The fourth-order valence-corrected chi connectivity index (χ4v) is 10.3. The van der Waals surface area contributed by atoms with Crippen LogP contribution < -0.4 is 0 Å². The Morgan fingerprint density at radius 2 is 0.744 bits per heavy atom. The van der Waals surface area contributed by atoms with Crippen molar-refractivity contribution in [3.8, 4) is 0 Å². The van der Waals surface area contributed by atoms with Crippen LogP contribution in [-0.2, 0) is 4.79 Å². The first-order valence-corrected chi connectivity index (χ1v) is 22.0. The number of aliphatic carboxylic acids is 1. The summed E-state index contributed by atoms with van der Waals surface area (Å²) in [6.45, 7) is 4.58. The van der Waals surface area contributed by atoms with Crippen LogP contribution in [0.15, 0.2) is 0 Å². The molecular formula is C39H76O2S2. The van der Waals surface area contributed by atoms with Crippen molar-refractivity contribution in [3.05, 3.63) is 0 Å². The molecule has 0 aromatic heterocycles. The summed E-state index contributed by atoms with van der Waals surface area (Å²) < 4.78 is -0.490. The van der Waals surface area contributed by atoms with E-state index in [0.29, 0.717) is 5.25 Å². The molecule has 0 radical (unpaired) electrons. The SMILES string of the molecule is CCCCCCCCCCCCCCCCCCC1SSC1(CCCCCCCCCCCCCCCCCC)C(=O)O. The molecule has 1 N–H and O–H groups in total. The molecule has 0 bridgehead atoms. The number of hydrogen-bond donors (Lipinski definition) is 1. The summed E-state index contributed by atoms with van der Waals surface area (Å²) in [5, 5.41) is 10.4. The molecule has 43 heavy (non-hydrogen) atoms. The van der Waals surface area contributed by atoms with Gasteiger partial charge in [0.15, 0.2) is 0 Å². The van der Waals surface area contributed by atoms with Gasteiger partial charge in [0.05, 0.1) is 0 Å². The smallest absolute Gasteiger partial charge is 0.321 e. The molecule has 1 aliphatic rings. The maximum atomic E-state index is 12.2. The summed E-state index contributed by atoms with van der Waals surface area (Å²) in [7, 11) is 3.51. The Hall–Kier alpha value is 0.170. The second kappa shape index (κ2) is 30.8. The van der Waals surface area contributed by atoms with Crippen LogP contribution in [0, 0.1) is 0 Å². The van der Waals surface area contributed by atoms with Crippen LogP contribution in [0.4, 0.5) is 0 Å². The van der Waals surface area contributed by atoms with Crippen molar-refractivity contribution < 1.29 is 9.90 Å². The molecule has 2 atom stereocenters. The van der Waals surface area contributed by atoms with E-state index >= 15 is 0 Å². The summed E-state index contributed by atoms with van der Waals surface area (Å²) >= 11 is 0. The lowest BCUT2D eigenvalue weighted by atomic mass is 9.92. The lowest BCUT2D eigenvalue weighted by Gasteiger charge is -2.44. The minimum atomic E-state index is -0.543. The molecule has 256 valence electrons. The zero-order valence-corrected chi connectivity index (χ0v) is 30.9. The molecule has 0 saturated carbocycles. The van der Waals surface area contributed by atoms with Crippen molar-refractivity contribution >= 4 is 27.6 Å². The highest BCUT2D eigenvalue weighted by Crippen LogP contribution is 2.60. The quantitative estimate of drug-likeness (QED) is 0.0552. The third-order valence-corrected chi connectivity index (χ3v) is 13.9. The number of carbonyl (C=O) groups is 1. The first-order valence-electron chi connectivity index (χ1n) is 19.7. The van der Waals surface area contributed by atoms with Gasteiger partial charge in [-0.1, -0.05) is 241 Å². The van der Waals surface area contributed by atoms with Gasteiger partial charge in [0.25, 0.3) is 0 Å².